The molecule has 1 amide bonds. The van der Waals surface area contributed by atoms with Crippen LogP contribution in [0.3, 0.4) is 0 Å². The van der Waals surface area contributed by atoms with Gasteiger partial charge in [0.1, 0.15) is 17.2 Å². The molecule has 0 saturated heterocycles. The first kappa shape index (κ1) is 25.1. The lowest BCUT2D eigenvalue weighted by molar-refractivity contribution is -0.120. The number of aromatic nitrogens is 2. The molecule has 10 heteroatoms. The van der Waals surface area contributed by atoms with Crippen LogP contribution in [0.1, 0.15) is 34.5 Å². The molecule has 1 aromatic heterocycles. The standard InChI is InChI=1S/C24H24F2N4O3S/c1-15-10-20(23(25)26)29-24(28-15)34-14-18-11-17(6-9-21(18)33-3)13-27-30-22(31)12-16-4-7-19(32-2)8-5-16/h4-11,13,23H,12,14H2,1-3H3,(H,30,31). The molecule has 178 valence electrons. The molecule has 0 atom stereocenters. The normalized spacial score (nSPS) is 11.1. The second-order valence-corrected chi connectivity index (χ2v) is 8.14. The summed E-state index contributed by atoms with van der Waals surface area (Å²) in [4.78, 5) is 20.3. The number of amides is 1. The van der Waals surface area contributed by atoms with E-state index in [1.807, 2.05) is 18.2 Å². The van der Waals surface area contributed by atoms with E-state index in [-0.39, 0.29) is 23.2 Å². The molecule has 0 bridgehead atoms. The Morgan fingerprint density at radius 1 is 1.12 bits per heavy atom. The maximum absolute atomic E-state index is 13.0. The average molecular weight is 487 g/mol. The van der Waals surface area contributed by atoms with E-state index in [1.54, 1.807) is 45.4 Å². The summed E-state index contributed by atoms with van der Waals surface area (Å²) in [5.41, 5.74) is 5.07. The van der Waals surface area contributed by atoms with Crippen LogP contribution in [0.5, 0.6) is 11.5 Å². The fourth-order valence-corrected chi connectivity index (χ4v) is 3.91. The summed E-state index contributed by atoms with van der Waals surface area (Å²) < 4.78 is 36.5. The third kappa shape index (κ3) is 7.24. The first-order valence-corrected chi connectivity index (χ1v) is 11.2. The zero-order chi connectivity index (χ0) is 24.5. The summed E-state index contributed by atoms with van der Waals surface area (Å²) in [6, 6.07) is 13.9. The molecule has 0 aliphatic heterocycles. The van der Waals surface area contributed by atoms with Crippen molar-refractivity contribution in [3.63, 3.8) is 0 Å². The molecule has 3 rings (SSSR count). The molecule has 0 saturated carbocycles. The summed E-state index contributed by atoms with van der Waals surface area (Å²) in [5, 5.41) is 4.29. The van der Waals surface area contributed by atoms with Gasteiger partial charge in [-0.1, -0.05) is 23.9 Å². The van der Waals surface area contributed by atoms with Crippen LogP contribution >= 0.6 is 11.8 Å². The van der Waals surface area contributed by atoms with Gasteiger partial charge in [-0.3, -0.25) is 4.79 Å². The molecule has 0 fully saturated rings. The number of thioether (sulfide) groups is 1. The van der Waals surface area contributed by atoms with Crippen LogP contribution in [0, 0.1) is 6.92 Å². The second kappa shape index (κ2) is 12.1. The van der Waals surface area contributed by atoms with E-state index in [4.69, 9.17) is 9.47 Å². The van der Waals surface area contributed by atoms with E-state index in [1.165, 1.54) is 24.0 Å². The lowest BCUT2D eigenvalue weighted by Crippen LogP contribution is -2.19. The number of hydrazone groups is 1. The zero-order valence-electron chi connectivity index (χ0n) is 18.9. The van der Waals surface area contributed by atoms with E-state index in [9.17, 15) is 13.6 Å². The lowest BCUT2D eigenvalue weighted by atomic mass is 10.1. The number of hydrogen-bond acceptors (Lipinski definition) is 7. The Morgan fingerprint density at radius 3 is 2.56 bits per heavy atom. The van der Waals surface area contributed by atoms with Crippen LogP contribution in [0.4, 0.5) is 8.78 Å². The number of aryl methyl sites for hydroxylation is 1. The van der Waals surface area contributed by atoms with Crippen molar-refractivity contribution < 1.29 is 23.0 Å². The van der Waals surface area contributed by atoms with E-state index < -0.39 is 6.43 Å². The minimum Gasteiger partial charge on any atom is -0.497 e. The van der Waals surface area contributed by atoms with Crippen molar-refractivity contribution in [2.24, 2.45) is 5.10 Å². The highest BCUT2D eigenvalue weighted by Crippen LogP contribution is 2.28. The number of benzene rings is 2. The van der Waals surface area contributed by atoms with Gasteiger partial charge in [-0.05, 0) is 54.4 Å². The molecule has 1 N–H and O–H groups in total. The summed E-state index contributed by atoms with van der Waals surface area (Å²) in [5.74, 6) is 1.51. The van der Waals surface area contributed by atoms with Crippen molar-refractivity contribution in [1.29, 1.82) is 0 Å². The fraction of sp³-hybridized carbons (Fsp3) is 0.250. The molecule has 0 aliphatic rings. The van der Waals surface area contributed by atoms with Crippen molar-refractivity contribution in [2.45, 2.75) is 30.7 Å². The summed E-state index contributed by atoms with van der Waals surface area (Å²) in [6.45, 7) is 1.65. The van der Waals surface area contributed by atoms with Gasteiger partial charge in [0, 0.05) is 17.0 Å². The quantitative estimate of drug-likeness (QED) is 0.193. The molecular weight excluding hydrogens is 462 g/mol. The molecule has 0 spiro atoms. The Bertz CT molecular complexity index is 1160. The van der Waals surface area contributed by atoms with E-state index in [2.05, 4.69) is 20.5 Å². The van der Waals surface area contributed by atoms with Crippen LogP contribution in [-0.2, 0) is 17.0 Å². The van der Waals surface area contributed by atoms with Gasteiger partial charge in [0.15, 0.2) is 5.16 Å². The van der Waals surface area contributed by atoms with Crippen molar-refractivity contribution >= 4 is 23.9 Å². The van der Waals surface area contributed by atoms with Gasteiger partial charge in [-0.25, -0.2) is 24.2 Å². The predicted molar refractivity (Wildman–Crippen MR) is 127 cm³/mol. The van der Waals surface area contributed by atoms with Crippen molar-refractivity contribution in [3.05, 3.63) is 76.6 Å². The lowest BCUT2D eigenvalue weighted by Gasteiger charge is -2.10. The maximum atomic E-state index is 13.0. The molecule has 1 heterocycles. The number of nitrogens with one attached hydrogen (secondary N) is 1. The molecule has 0 radical (unpaired) electrons. The Morgan fingerprint density at radius 2 is 1.88 bits per heavy atom. The monoisotopic (exact) mass is 486 g/mol. The Labute approximate surface area is 200 Å². The molecular formula is C24H24F2N4O3S. The van der Waals surface area contributed by atoms with Crippen LogP contribution < -0.4 is 14.9 Å². The minimum absolute atomic E-state index is 0.183. The van der Waals surface area contributed by atoms with Crippen LogP contribution in [0.15, 0.2) is 58.8 Å². The molecule has 0 aliphatic carbocycles. The fourth-order valence-electron chi connectivity index (χ4n) is 3.02. The smallest absolute Gasteiger partial charge is 0.280 e. The average Bonchev–Trinajstić information content (AvgIpc) is 2.83. The summed E-state index contributed by atoms with van der Waals surface area (Å²) >= 11 is 1.23. The van der Waals surface area contributed by atoms with E-state index in [0.717, 1.165) is 22.4 Å². The number of carbonyl (C=O) groups is 1. The zero-order valence-corrected chi connectivity index (χ0v) is 19.7. The molecule has 0 unspecified atom stereocenters. The third-order valence-corrected chi connectivity index (χ3v) is 5.56. The molecule has 3 aromatic rings. The van der Waals surface area contributed by atoms with Crippen LogP contribution in [0.2, 0.25) is 0 Å². The van der Waals surface area contributed by atoms with E-state index >= 15 is 0 Å². The first-order valence-electron chi connectivity index (χ1n) is 10.3. The number of nitrogens with zero attached hydrogens (tertiary/aromatic N) is 3. The first-order chi connectivity index (χ1) is 16.4. The van der Waals surface area contributed by atoms with Gasteiger partial charge in [0.05, 0.1) is 26.9 Å². The maximum Gasteiger partial charge on any atom is 0.280 e. The topological polar surface area (TPSA) is 85.7 Å². The van der Waals surface area contributed by atoms with Crippen LogP contribution in [0.25, 0.3) is 0 Å². The van der Waals surface area contributed by atoms with Gasteiger partial charge in [0.2, 0.25) is 5.91 Å². The molecule has 34 heavy (non-hydrogen) atoms. The molecule has 7 nitrogen and oxygen atoms in total. The number of hydrogen-bond donors (Lipinski definition) is 1. The Kier molecular flexibility index (Phi) is 8.92. The number of carbonyl (C=O) groups excluding carboxylic acids is 1. The SMILES string of the molecule is COc1ccc(CC(=O)NN=Cc2ccc(OC)c(CSc3nc(C)cc(C(F)F)n3)c2)cc1. The Hall–Kier alpha value is -3.53. The van der Waals surface area contributed by atoms with Crippen LogP contribution in [-0.4, -0.2) is 36.3 Å². The highest BCUT2D eigenvalue weighted by Gasteiger charge is 2.13. The highest BCUT2D eigenvalue weighted by molar-refractivity contribution is 7.98. The number of rotatable bonds is 10. The third-order valence-electron chi connectivity index (χ3n) is 4.66. The number of ether oxygens (including phenoxy) is 2. The number of halogens is 2. The molecule has 2 aromatic carbocycles. The summed E-state index contributed by atoms with van der Waals surface area (Å²) in [6.07, 6.45) is -0.948. The van der Waals surface area contributed by atoms with Gasteiger partial charge in [0.25, 0.3) is 6.43 Å². The minimum atomic E-state index is -2.66. The largest absolute Gasteiger partial charge is 0.497 e. The van der Waals surface area contributed by atoms with Gasteiger partial charge >= 0.3 is 0 Å². The van der Waals surface area contributed by atoms with Gasteiger partial charge in [-0.15, -0.1) is 0 Å². The number of alkyl halides is 2. The van der Waals surface area contributed by atoms with Crippen molar-refractivity contribution in [1.82, 2.24) is 15.4 Å². The summed E-state index contributed by atoms with van der Waals surface area (Å²) in [7, 11) is 3.13. The second-order valence-electron chi connectivity index (χ2n) is 7.20. The van der Waals surface area contributed by atoms with Crippen molar-refractivity contribution in [2.75, 3.05) is 14.2 Å². The predicted octanol–water partition coefficient (Wildman–Crippen LogP) is 4.72. The Balaban J connectivity index is 1.62. The number of methoxy groups -OCH3 is 2. The van der Waals surface area contributed by atoms with Crippen molar-refractivity contribution in [3.8, 4) is 11.5 Å². The highest BCUT2D eigenvalue weighted by atomic mass is 32.2. The van der Waals surface area contributed by atoms with Gasteiger partial charge < -0.3 is 9.47 Å². The van der Waals surface area contributed by atoms with E-state index in [0.29, 0.717) is 17.2 Å². The van der Waals surface area contributed by atoms with Gasteiger partial charge in [-0.2, -0.15) is 5.10 Å².